The molecule has 1 aromatic rings. The van der Waals surface area contributed by atoms with E-state index in [1.807, 2.05) is 0 Å². The monoisotopic (exact) mass is 295 g/mol. The Labute approximate surface area is 125 Å². The maximum atomic E-state index is 5.09. The van der Waals surface area contributed by atoms with Crippen LogP contribution < -0.4 is 16.0 Å². The van der Waals surface area contributed by atoms with E-state index in [2.05, 4.69) is 25.9 Å². The molecule has 0 fully saturated rings. The lowest BCUT2D eigenvalue weighted by molar-refractivity contribution is 0.210. The van der Waals surface area contributed by atoms with Gasteiger partial charge in [-0.25, -0.2) is 4.98 Å². The topological polar surface area (TPSA) is 80.3 Å². The van der Waals surface area contributed by atoms with Crippen LogP contribution in [0.3, 0.4) is 0 Å². The Bertz CT molecular complexity index is 442. The average molecular weight is 295 g/mol. The molecule has 2 heterocycles. The zero-order valence-electron chi connectivity index (χ0n) is 12.9. The van der Waals surface area contributed by atoms with E-state index in [-0.39, 0.29) is 0 Å². The van der Waals surface area contributed by atoms with Crippen molar-refractivity contribution in [3.05, 3.63) is 11.3 Å². The molecule has 0 bridgehead atoms. The minimum absolute atomic E-state index is 0.633. The van der Waals surface area contributed by atoms with E-state index in [1.54, 1.807) is 14.2 Å². The van der Waals surface area contributed by atoms with Crippen LogP contribution in [0, 0.1) is 0 Å². The summed E-state index contributed by atoms with van der Waals surface area (Å²) in [5, 5.41) is 9.96. The molecule has 1 aliphatic heterocycles. The first-order chi connectivity index (χ1) is 10.3. The van der Waals surface area contributed by atoms with Crippen molar-refractivity contribution >= 4 is 11.8 Å². The van der Waals surface area contributed by atoms with E-state index in [4.69, 9.17) is 9.47 Å². The van der Waals surface area contributed by atoms with Crippen LogP contribution in [0.1, 0.15) is 11.3 Å². The van der Waals surface area contributed by atoms with Crippen LogP contribution in [0.2, 0.25) is 0 Å². The second-order valence-corrected chi connectivity index (χ2v) is 4.91. The van der Waals surface area contributed by atoms with Crippen molar-refractivity contribution < 1.29 is 9.47 Å². The van der Waals surface area contributed by atoms with Gasteiger partial charge in [-0.2, -0.15) is 4.98 Å². The van der Waals surface area contributed by atoms with Gasteiger partial charge in [0.25, 0.3) is 0 Å². The highest BCUT2D eigenvalue weighted by atomic mass is 16.5. The number of nitrogens with one attached hydrogen (secondary N) is 3. The molecule has 2 rings (SSSR count). The number of methoxy groups -OCH3 is 2. The second kappa shape index (κ2) is 8.76. The van der Waals surface area contributed by atoms with E-state index >= 15 is 0 Å². The molecule has 0 radical (unpaired) electrons. The van der Waals surface area contributed by atoms with Gasteiger partial charge in [-0.15, -0.1) is 0 Å². The first-order valence-corrected chi connectivity index (χ1v) is 7.41. The summed E-state index contributed by atoms with van der Waals surface area (Å²) in [5.74, 6) is 1.58. The third-order valence-corrected chi connectivity index (χ3v) is 3.37. The molecule has 0 atom stereocenters. The van der Waals surface area contributed by atoms with Gasteiger partial charge < -0.3 is 25.4 Å². The molecule has 1 aliphatic rings. The van der Waals surface area contributed by atoms with Gasteiger partial charge in [0.15, 0.2) is 0 Å². The minimum atomic E-state index is 0.633. The Morgan fingerprint density at radius 3 is 2.48 bits per heavy atom. The fourth-order valence-corrected chi connectivity index (χ4v) is 2.31. The average Bonchev–Trinajstić information content (AvgIpc) is 2.73. The van der Waals surface area contributed by atoms with Gasteiger partial charge >= 0.3 is 0 Å². The van der Waals surface area contributed by atoms with Gasteiger partial charge in [-0.3, -0.25) is 0 Å². The van der Waals surface area contributed by atoms with Crippen LogP contribution in [0.15, 0.2) is 0 Å². The van der Waals surface area contributed by atoms with Gasteiger partial charge in [0.1, 0.15) is 5.82 Å². The highest BCUT2D eigenvalue weighted by molar-refractivity contribution is 5.51. The Kier molecular flexibility index (Phi) is 6.65. The molecule has 0 saturated heterocycles. The molecule has 118 valence electrons. The first kappa shape index (κ1) is 15.9. The van der Waals surface area contributed by atoms with Gasteiger partial charge in [0.05, 0.1) is 18.9 Å². The molecular weight excluding hydrogens is 270 g/mol. The third kappa shape index (κ3) is 4.80. The molecule has 1 aromatic heterocycles. The lowest BCUT2D eigenvalue weighted by Crippen LogP contribution is -2.17. The summed E-state index contributed by atoms with van der Waals surface area (Å²) in [6.07, 6.45) is 1.87. The quantitative estimate of drug-likeness (QED) is 0.594. The molecule has 0 aromatic carbocycles. The van der Waals surface area contributed by atoms with Crippen molar-refractivity contribution in [1.82, 2.24) is 15.3 Å². The Balaban J connectivity index is 2.15. The lowest BCUT2D eigenvalue weighted by Gasteiger charge is -2.15. The number of nitrogens with zero attached hydrogens (tertiary/aromatic N) is 2. The summed E-state index contributed by atoms with van der Waals surface area (Å²) in [6, 6.07) is 0. The van der Waals surface area contributed by atoms with E-state index in [1.165, 1.54) is 5.56 Å². The molecule has 3 N–H and O–H groups in total. The third-order valence-electron chi connectivity index (χ3n) is 3.37. The molecule has 0 saturated carbocycles. The zero-order valence-corrected chi connectivity index (χ0v) is 12.9. The van der Waals surface area contributed by atoms with Gasteiger partial charge in [-0.1, -0.05) is 0 Å². The first-order valence-electron chi connectivity index (χ1n) is 7.41. The molecule has 0 amide bonds. The Hall–Kier alpha value is -1.44. The fourth-order valence-electron chi connectivity index (χ4n) is 2.31. The van der Waals surface area contributed by atoms with Gasteiger partial charge in [-0.05, 0) is 13.0 Å². The second-order valence-electron chi connectivity index (χ2n) is 4.91. The number of hydrogen-bond donors (Lipinski definition) is 3. The molecule has 0 unspecified atom stereocenters. The number of rotatable bonds is 8. The Morgan fingerprint density at radius 1 is 1.00 bits per heavy atom. The summed E-state index contributed by atoms with van der Waals surface area (Å²) in [7, 11) is 3.38. The van der Waals surface area contributed by atoms with Gasteiger partial charge in [0, 0.05) is 45.8 Å². The summed E-state index contributed by atoms with van der Waals surface area (Å²) < 4.78 is 10.1. The van der Waals surface area contributed by atoms with Crippen LogP contribution in [-0.2, 0) is 22.3 Å². The normalized spacial score (nSPS) is 14.4. The molecular formula is C14H25N5O2. The number of hydrogen-bond acceptors (Lipinski definition) is 7. The van der Waals surface area contributed by atoms with Crippen molar-refractivity contribution in [2.24, 2.45) is 0 Å². The highest BCUT2D eigenvalue weighted by Crippen LogP contribution is 2.21. The summed E-state index contributed by atoms with van der Waals surface area (Å²) >= 11 is 0. The Morgan fingerprint density at radius 2 is 1.71 bits per heavy atom. The largest absolute Gasteiger partial charge is 0.383 e. The molecule has 21 heavy (non-hydrogen) atoms. The predicted molar refractivity (Wildman–Crippen MR) is 83.0 cm³/mol. The number of ether oxygens (including phenoxy) is 2. The van der Waals surface area contributed by atoms with Crippen LogP contribution >= 0.6 is 0 Å². The summed E-state index contributed by atoms with van der Waals surface area (Å²) in [4.78, 5) is 9.24. The smallest absolute Gasteiger partial charge is 0.224 e. The van der Waals surface area contributed by atoms with E-state index in [0.717, 1.165) is 44.0 Å². The molecule has 7 heteroatoms. The minimum Gasteiger partial charge on any atom is -0.383 e. The molecule has 0 aliphatic carbocycles. The maximum Gasteiger partial charge on any atom is 0.224 e. The number of aromatic nitrogens is 2. The fraction of sp³-hybridized carbons (Fsp3) is 0.714. The van der Waals surface area contributed by atoms with E-state index in [9.17, 15) is 0 Å². The number of fused-ring (bicyclic) bond motifs is 1. The highest BCUT2D eigenvalue weighted by Gasteiger charge is 2.16. The lowest BCUT2D eigenvalue weighted by atomic mass is 10.1. The van der Waals surface area contributed by atoms with E-state index in [0.29, 0.717) is 25.7 Å². The SMILES string of the molecule is COCCNc1nc2c(c(NCCOC)n1)CCNCC2. The van der Waals surface area contributed by atoms with E-state index < -0.39 is 0 Å². The summed E-state index contributed by atoms with van der Waals surface area (Å²) in [6.45, 7) is 4.65. The molecule has 7 nitrogen and oxygen atoms in total. The van der Waals surface area contributed by atoms with Crippen molar-refractivity contribution in [3.8, 4) is 0 Å². The predicted octanol–water partition coefficient (Wildman–Crippen LogP) is 0.281. The van der Waals surface area contributed by atoms with Gasteiger partial charge in [0.2, 0.25) is 5.95 Å². The molecule has 0 spiro atoms. The van der Waals surface area contributed by atoms with Crippen molar-refractivity contribution in [2.45, 2.75) is 12.8 Å². The standard InChI is InChI=1S/C14H25N5O2/c1-20-9-7-16-13-11-3-5-15-6-4-12(11)18-14(19-13)17-8-10-21-2/h15H,3-10H2,1-2H3,(H2,16,17,18,19). The van der Waals surface area contributed by atoms with Crippen molar-refractivity contribution in [3.63, 3.8) is 0 Å². The van der Waals surface area contributed by atoms with Crippen LogP contribution in [0.4, 0.5) is 11.8 Å². The van der Waals surface area contributed by atoms with Crippen LogP contribution in [-0.4, -0.2) is 63.6 Å². The maximum absolute atomic E-state index is 5.09. The van der Waals surface area contributed by atoms with Crippen molar-refractivity contribution in [2.75, 3.05) is 64.2 Å². The van der Waals surface area contributed by atoms with Crippen LogP contribution in [0.25, 0.3) is 0 Å². The van der Waals surface area contributed by atoms with Crippen LogP contribution in [0.5, 0.6) is 0 Å². The summed E-state index contributed by atoms with van der Waals surface area (Å²) in [5.41, 5.74) is 2.34. The van der Waals surface area contributed by atoms with Crippen molar-refractivity contribution in [1.29, 1.82) is 0 Å². The number of anilines is 2. The zero-order chi connectivity index (χ0) is 14.9.